The summed E-state index contributed by atoms with van der Waals surface area (Å²) in [7, 11) is 0. The zero-order valence-electron chi connectivity index (χ0n) is 15.1. The molecule has 1 aliphatic carbocycles. The fraction of sp³-hybridized carbons (Fsp3) is 0.455. The van der Waals surface area contributed by atoms with E-state index in [1.807, 2.05) is 0 Å². The van der Waals surface area contributed by atoms with Crippen molar-refractivity contribution in [2.24, 2.45) is 0 Å². The van der Waals surface area contributed by atoms with Gasteiger partial charge in [0.25, 0.3) is 0 Å². The van der Waals surface area contributed by atoms with Gasteiger partial charge >= 0.3 is 0 Å². The van der Waals surface area contributed by atoms with E-state index in [0.29, 0.717) is 12.6 Å². The van der Waals surface area contributed by atoms with Crippen LogP contribution in [0.15, 0.2) is 46.9 Å². The third kappa shape index (κ3) is 5.58. The fourth-order valence-electron chi connectivity index (χ4n) is 3.49. The van der Waals surface area contributed by atoms with Gasteiger partial charge in [-0.05, 0) is 49.1 Å². The maximum atomic E-state index is 6.16. The topological polar surface area (TPSA) is 21.3 Å². The minimum Gasteiger partial charge on any atom is -0.489 e. The van der Waals surface area contributed by atoms with Gasteiger partial charge in [0.05, 0.1) is 0 Å². The molecule has 3 rings (SSSR count). The number of rotatable bonds is 6. The first-order valence-corrected chi connectivity index (χ1v) is 10.2. The maximum Gasteiger partial charge on any atom is 0.124 e. The molecule has 0 spiro atoms. The number of benzene rings is 2. The second-order valence-corrected chi connectivity index (χ2v) is 7.95. The number of hydrogen-bond acceptors (Lipinski definition) is 2. The summed E-state index contributed by atoms with van der Waals surface area (Å²) >= 11 is 3.60. The molecule has 1 aliphatic rings. The van der Waals surface area contributed by atoms with Crippen molar-refractivity contribution in [3.05, 3.63) is 63.6 Å². The van der Waals surface area contributed by atoms with E-state index in [1.54, 1.807) is 0 Å². The molecular formula is C22H28BrNO. The van der Waals surface area contributed by atoms with Crippen molar-refractivity contribution < 1.29 is 4.74 Å². The minimum atomic E-state index is 0.616. The predicted octanol–water partition coefficient (Wildman–Crippen LogP) is 6.15. The Morgan fingerprint density at radius 2 is 1.76 bits per heavy atom. The van der Waals surface area contributed by atoms with Crippen LogP contribution in [0.4, 0.5) is 0 Å². The van der Waals surface area contributed by atoms with Gasteiger partial charge in [-0.3, -0.25) is 0 Å². The molecule has 3 heteroatoms. The molecule has 2 aromatic rings. The maximum absolute atomic E-state index is 6.16. The summed E-state index contributed by atoms with van der Waals surface area (Å²) in [6.07, 6.45) is 8.08. The molecule has 0 heterocycles. The summed E-state index contributed by atoms with van der Waals surface area (Å²) in [6.45, 7) is 3.62. The Morgan fingerprint density at radius 3 is 2.52 bits per heavy atom. The lowest BCUT2D eigenvalue weighted by Crippen LogP contribution is -2.28. The Bertz CT molecular complexity index is 677. The largest absolute Gasteiger partial charge is 0.489 e. The summed E-state index contributed by atoms with van der Waals surface area (Å²) in [5.74, 6) is 0.979. The van der Waals surface area contributed by atoms with Crippen LogP contribution in [0.1, 0.15) is 55.2 Å². The average molecular weight is 402 g/mol. The van der Waals surface area contributed by atoms with Crippen LogP contribution in [0.25, 0.3) is 0 Å². The van der Waals surface area contributed by atoms with Gasteiger partial charge in [0.15, 0.2) is 0 Å². The van der Waals surface area contributed by atoms with Gasteiger partial charge in [-0.1, -0.05) is 65.9 Å². The van der Waals surface area contributed by atoms with E-state index in [-0.39, 0.29) is 0 Å². The summed E-state index contributed by atoms with van der Waals surface area (Å²) < 4.78 is 7.27. The molecule has 0 unspecified atom stereocenters. The highest BCUT2D eigenvalue weighted by Crippen LogP contribution is 2.25. The van der Waals surface area contributed by atoms with Crippen molar-refractivity contribution in [2.75, 3.05) is 0 Å². The van der Waals surface area contributed by atoms with Crippen molar-refractivity contribution in [1.29, 1.82) is 0 Å². The van der Waals surface area contributed by atoms with E-state index in [1.165, 1.54) is 55.2 Å². The van der Waals surface area contributed by atoms with E-state index >= 15 is 0 Å². The lowest BCUT2D eigenvalue weighted by molar-refractivity contribution is 0.300. The predicted molar refractivity (Wildman–Crippen MR) is 108 cm³/mol. The number of hydrogen-bond donors (Lipinski definition) is 1. The molecule has 2 aromatic carbocycles. The fourth-order valence-corrected chi connectivity index (χ4v) is 3.90. The summed E-state index contributed by atoms with van der Waals surface area (Å²) in [4.78, 5) is 0. The van der Waals surface area contributed by atoms with Crippen LogP contribution in [0.3, 0.4) is 0 Å². The van der Waals surface area contributed by atoms with Gasteiger partial charge in [-0.25, -0.2) is 0 Å². The number of ether oxygens (including phenoxy) is 1. The molecular weight excluding hydrogens is 374 g/mol. The zero-order valence-corrected chi connectivity index (χ0v) is 16.6. The van der Waals surface area contributed by atoms with E-state index in [4.69, 9.17) is 4.74 Å². The van der Waals surface area contributed by atoms with E-state index in [9.17, 15) is 0 Å². The van der Waals surface area contributed by atoms with Crippen molar-refractivity contribution in [3.8, 4) is 5.75 Å². The average Bonchev–Trinajstić information content (AvgIpc) is 2.89. The van der Waals surface area contributed by atoms with Crippen LogP contribution in [0.5, 0.6) is 5.75 Å². The van der Waals surface area contributed by atoms with Crippen LogP contribution >= 0.6 is 15.9 Å². The van der Waals surface area contributed by atoms with Crippen LogP contribution in [-0.2, 0) is 13.2 Å². The third-order valence-corrected chi connectivity index (χ3v) is 5.60. The van der Waals surface area contributed by atoms with E-state index < -0.39 is 0 Å². The van der Waals surface area contributed by atoms with E-state index in [2.05, 4.69) is 70.6 Å². The number of nitrogens with one attached hydrogen (secondary N) is 1. The first-order valence-electron chi connectivity index (χ1n) is 9.41. The molecule has 0 radical (unpaired) electrons. The summed E-state index contributed by atoms with van der Waals surface area (Å²) in [5, 5.41) is 3.75. The quantitative estimate of drug-likeness (QED) is 0.586. The summed E-state index contributed by atoms with van der Waals surface area (Å²) in [5.41, 5.74) is 3.75. The van der Waals surface area contributed by atoms with Gasteiger partial charge < -0.3 is 10.1 Å². The highest BCUT2D eigenvalue weighted by molar-refractivity contribution is 9.10. The molecule has 0 atom stereocenters. The minimum absolute atomic E-state index is 0.616. The van der Waals surface area contributed by atoms with Gasteiger partial charge in [-0.2, -0.15) is 0 Å². The molecule has 0 aromatic heterocycles. The Kier molecular flexibility index (Phi) is 6.94. The van der Waals surface area contributed by atoms with Crippen LogP contribution in [0.2, 0.25) is 0 Å². The molecule has 2 nitrogen and oxygen atoms in total. The zero-order chi connectivity index (χ0) is 17.5. The van der Waals surface area contributed by atoms with Crippen LogP contribution in [0, 0.1) is 6.92 Å². The molecule has 0 amide bonds. The first-order chi connectivity index (χ1) is 12.2. The third-order valence-electron chi connectivity index (χ3n) is 5.10. The molecule has 25 heavy (non-hydrogen) atoms. The molecule has 1 saturated carbocycles. The van der Waals surface area contributed by atoms with Crippen molar-refractivity contribution in [2.45, 2.75) is 64.6 Å². The normalized spacial score (nSPS) is 15.8. The monoisotopic (exact) mass is 401 g/mol. The van der Waals surface area contributed by atoms with E-state index in [0.717, 1.165) is 16.8 Å². The van der Waals surface area contributed by atoms with Gasteiger partial charge in [0.1, 0.15) is 12.4 Å². The van der Waals surface area contributed by atoms with Gasteiger partial charge in [0, 0.05) is 22.6 Å². The number of aryl methyl sites for hydroxylation is 1. The highest BCUT2D eigenvalue weighted by Gasteiger charge is 2.13. The molecule has 1 fully saturated rings. The first kappa shape index (κ1) is 18.5. The smallest absolute Gasteiger partial charge is 0.124 e. The Labute approximate surface area is 160 Å². The Hall–Kier alpha value is -1.32. The van der Waals surface area contributed by atoms with Gasteiger partial charge in [0.2, 0.25) is 0 Å². The Morgan fingerprint density at radius 1 is 1.00 bits per heavy atom. The SMILES string of the molecule is Cc1ccccc1COc1ccc(Br)cc1CNC1CCCCCC1. The van der Waals surface area contributed by atoms with Gasteiger partial charge in [-0.15, -0.1) is 0 Å². The standard InChI is InChI=1S/C22H28BrNO/c1-17-8-6-7-9-18(17)16-25-22-13-12-20(23)14-19(22)15-24-21-10-4-2-3-5-11-21/h6-9,12-14,21,24H,2-5,10-11,15-16H2,1H3. The molecule has 0 saturated heterocycles. The second kappa shape index (κ2) is 9.40. The molecule has 0 bridgehead atoms. The second-order valence-electron chi connectivity index (χ2n) is 7.04. The molecule has 1 N–H and O–H groups in total. The lowest BCUT2D eigenvalue weighted by atomic mass is 10.1. The van der Waals surface area contributed by atoms with Crippen LogP contribution < -0.4 is 10.1 Å². The Balaban J connectivity index is 1.64. The molecule has 0 aliphatic heterocycles. The highest BCUT2D eigenvalue weighted by atomic mass is 79.9. The van der Waals surface area contributed by atoms with Crippen molar-refractivity contribution in [1.82, 2.24) is 5.32 Å². The number of halogens is 1. The molecule has 134 valence electrons. The van der Waals surface area contributed by atoms with Crippen molar-refractivity contribution >= 4 is 15.9 Å². The van der Waals surface area contributed by atoms with Crippen LogP contribution in [-0.4, -0.2) is 6.04 Å². The lowest BCUT2D eigenvalue weighted by Gasteiger charge is -2.18. The summed E-state index contributed by atoms with van der Waals surface area (Å²) in [6, 6.07) is 15.4. The van der Waals surface area contributed by atoms with Crippen molar-refractivity contribution in [3.63, 3.8) is 0 Å².